The minimum Gasteiger partial charge on any atom is -0.497 e. The summed E-state index contributed by atoms with van der Waals surface area (Å²) < 4.78 is 7.65. The lowest BCUT2D eigenvalue weighted by molar-refractivity contribution is -0.113. The third-order valence-electron chi connectivity index (χ3n) is 5.87. The van der Waals surface area contributed by atoms with Gasteiger partial charge >= 0.3 is 0 Å². The van der Waals surface area contributed by atoms with E-state index in [1.165, 1.54) is 11.3 Å². The first-order chi connectivity index (χ1) is 17.0. The van der Waals surface area contributed by atoms with E-state index in [9.17, 15) is 9.59 Å². The predicted molar refractivity (Wildman–Crippen MR) is 141 cm³/mol. The number of allylic oxidation sites excluding steroid dienone is 1. The van der Waals surface area contributed by atoms with Crippen LogP contribution >= 0.6 is 22.7 Å². The highest BCUT2D eigenvalue weighted by molar-refractivity contribution is 7.11. The number of rotatable bonds is 5. The van der Waals surface area contributed by atoms with Gasteiger partial charge in [0.1, 0.15) is 5.75 Å². The molecule has 8 heteroatoms. The number of hydrogen-bond donors (Lipinski definition) is 1. The fourth-order valence-corrected chi connectivity index (χ4v) is 6.07. The van der Waals surface area contributed by atoms with Crippen molar-refractivity contribution in [2.75, 3.05) is 12.4 Å². The van der Waals surface area contributed by atoms with Crippen LogP contribution in [0.25, 0.3) is 6.08 Å². The SMILES string of the molecule is COc1cccc([C@H]2C(C(=O)Nc3ccccc3)=C(C)N=c3s/c(=C\c4sccc4C)c(=O)n32)c1. The average Bonchev–Trinajstić information content (AvgIpc) is 3.40. The van der Waals surface area contributed by atoms with Crippen LogP contribution in [0.2, 0.25) is 0 Å². The Balaban J connectivity index is 1.70. The van der Waals surface area contributed by atoms with Crippen molar-refractivity contribution in [2.24, 2.45) is 4.99 Å². The normalized spacial score (nSPS) is 15.5. The number of fused-ring (bicyclic) bond motifs is 1. The predicted octanol–water partition coefficient (Wildman–Crippen LogP) is 4.25. The molecule has 0 spiro atoms. The molecule has 0 bridgehead atoms. The number of carbonyl (C=O) groups excluding carboxylic acids is 1. The lowest BCUT2D eigenvalue weighted by atomic mass is 9.95. The van der Waals surface area contributed by atoms with E-state index in [4.69, 9.17) is 9.73 Å². The van der Waals surface area contributed by atoms with Gasteiger partial charge in [-0.25, -0.2) is 4.99 Å². The van der Waals surface area contributed by atoms with E-state index in [-0.39, 0.29) is 11.5 Å². The van der Waals surface area contributed by atoms with Crippen LogP contribution in [-0.2, 0) is 4.79 Å². The van der Waals surface area contributed by atoms with E-state index < -0.39 is 6.04 Å². The summed E-state index contributed by atoms with van der Waals surface area (Å²) in [6, 6.07) is 18.1. The van der Waals surface area contributed by atoms with Crippen LogP contribution in [0.5, 0.6) is 5.75 Å². The molecule has 0 saturated heterocycles. The Morgan fingerprint density at radius 1 is 1.11 bits per heavy atom. The van der Waals surface area contributed by atoms with E-state index in [2.05, 4.69) is 5.32 Å². The monoisotopic (exact) mass is 501 g/mol. The molecule has 4 aromatic rings. The van der Waals surface area contributed by atoms with Gasteiger partial charge in [-0.1, -0.05) is 41.7 Å². The van der Waals surface area contributed by atoms with Crippen molar-refractivity contribution in [3.05, 3.63) is 113 Å². The Kier molecular flexibility index (Phi) is 6.23. The molecular formula is C27H23N3O3S2. The molecule has 1 aliphatic heterocycles. The van der Waals surface area contributed by atoms with Crippen molar-refractivity contribution in [3.8, 4) is 5.75 Å². The van der Waals surface area contributed by atoms with Gasteiger partial charge in [-0.2, -0.15) is 0 Å². The van der Waals surface area contributed by atoms with Crippen LogP contribution in [0.4, 0.5) is 5.69 Å². The Morgan fingerprint density at radius 2 is 1.91 bits per heavy atom. The topological polar surface area (TPSA) is 72.7 Å². The third kappa shape index (κ3) is 4.38. The van der Waals surface area contributed by atoms with Crippen molar-refractivity contribution in [1.82, 2.24) is 4.57 Å². The Morgan fingerprint density at radius 3 is 2.63 bits per heavy atom. The molecule has 6 nitrogen and oxygen atoms in total. The Bertz CT molecular complexity index is 1630. The first-order valence-electron chi connectivity index (χ1n) is 11.0. The summed E-state index contributed by atoms with van der Waals surface area (Å²) in [5.74, 6) is 0.352. The highest BCUT2D eigenvalue weighted by Gasteiger charge is 2.32. The lowest BCUT2D eigenvalue weighted by Crippen LogP contribution is -2.40. The van der Waals surface area contributed by atoms with Gasteiger partial charge in [0.15, 0.2) is 4.80 Å². The molecule has 1 aliphatic rings. The van der Waals surface area contributed by atoms with Crippen LogP contribution in [0.3, 0.4) is 0 Å². The van der Waals surface area contributed by atoms with Gasteiger partial charge in [0.05, 0.1) is 29.0 Å². The molecule has 3 heterocycles. The number of methoxy groups -OCH3 is 1. The zero-order chi connectivity index (χ0) is 24.5. The molecule has 0 radical (unpaired) electrons. The first-order valence-corrected chi connectivity index (χ1v) is 12.7. The molecule has 1 N–H and O–H groups in total. The van der Waals surface area contributed by atoms with E-state index >= 15 is 0 Å². The molecular weight excluding hydrogens is 478 g/mol. The average molecular weight is 502 g/mol. The standard InChI is InChI=1S/C27H23N3O3S2/c1-16-12-13-34-21(16)15-22-26(32)30-24(18-8-7-11-20(14-18)33-3)23(17(2)28-27(30)35-22)25(31)29-19-9-5-4-6-10-19/h4-15,24H,1-3H3,(H,29,31)/b22-15-/t24-/m0/s1. The summed E-state index contributed by atoms with van der Waals surface area (Å²) in [6.45, 7) is 3.84. The number of nitrogens with zero attached hydrogens (tertiary/aromatic N) is 2. The molecule has 0 unspecified atom stereocenters. The number of thiazole rings is 1. The molecule has 2 aromatic heterocycles. The second-order valence-electron chi connectivity index (χ2n) is 8.15. The number of hydrogen-bond acceptors (Lipinski definition) is 6. The number of amides is 1. The molecule has 2 aromatic carbocycles. The number of carbonyl (C=O) groups is 1. The minimum absolute atomic E-state index is 0.174. The summed E-state index contributed by atoms with van der Waals surface area (Å²) >= 11 is 2.93. The maximum absolute atomic E-state index is 13.7. The van der Waals surface area contributed by atoms with E-state index in [0.717, 1.165) is 16.0 Å². The second kappa shape index (κ2) is 9.48. The van der Waals surface area contributed by atoms with E-state index in [0.29, 0.717) is 32.0 Å². The highest BCUT2D eigenvalue weighted by atomic mass is 32.1. The van der Waals surface area contributed by atoms with Crippen LogP contribution in [-0.4, -0.2) is 17.6 Å². The number of para-hydroxylation sites is 1. The summed E-state index contributed by atoms with van der Waals surface area (Å²) in [4.78, 5) is 33.6. The van der Waals surface area contributed by atoms with Crippen LogP contribution < -0.4 is 24.9 Å². The van der Waals surface area contributed by atoms with Crippen molar-refractivity contribution in [1.29, 1.82) is 0 Å². The number of thiophene rings is 1. The van der Waals surface area contributed by atoms with Crippen molar-refractivity contribution >= 4 is 40.3 Å². The second-order valence-corrected chi connectivity index (χ2v) is 10.1. The highest BCUT2D eigenvalue weighted by Crippen LogP contribution is 2.32. The van der Waals surface area contributed by atoms with Gasteiger partial charge in [0.25, 0.3) is 11.5 Å². The van der Waals surface area contributed by atoms with Gasteiger partial charge in [-0.3, -0.25) is 14.2 Å². The Hall–Kier alpha value is -3.75. The Labute approximate surface area is 210 Å². The maximum atomic E-state index is 13.7. The van der Waals surface area contributed by atoms with Crippen LogP contribution in [0.1, 0.15) is 29.0 Å². The van der Waals surface area contributed by atoms with Gasteiger partial charge in [-0.15, -0.1) is 11.3 Å². The zero-order valence-electron chi connectivity index (χ0n) is 19.4. The lowest BCUT2D eigenvalue weighted by Gasteiger charge is -2.25. The van der Waals surface area contributed by atoms with Gasteiger partial charge < -0.3 is 10.1 Å². The van der Waals surface area contributed by atoms with Crippen molar-refractivity contribution in [2.45, 2.75) is 19.9 Å². The molecule has 35 heavy (non-hydrogen) atoms. The molecule has 0 fully saturated rings. The largest absolute Gasteiger partial charge is 0.497 e. The summed E-state index contributed by atoms with van der Waals surface area (Å²) in [5.41, 5.74) is 3.39. The number of ether oxygens (including phenoxy) is 1. The van der Waals surface area contributed by atoms with Crippen molar-refractivity contribution < 1.29 is 9.53 Å². The molecule has 5 rings (SSSR count). The maximum Gasteiger partial charge on any atom is 0.271 e. The van der Waals surface area contributed by atoms with E-state index in [1.54, 1.807) is 23.0 Å². The molecule has 1 atom stereocenters. The zero-order valence-corrected chi connectivity index (χ0v) is 21.1. The molecule has 1 amide bonds. The third-order valence-corrected chi connectivity index (χ3v) is 7.82. The number of aromatic nitrogens is 1. The summed E-state index contributed by atoms with van der Waals surface area (Å²) in [6.07, 6.45) is 1.91. The van der Waals surface area contributed by atoms with Crippen molar-refractivity contribution in [3.63, 3.8) is 0 Å². The van der Waals surface area contributed by atoms with Gasteiger partial charge in [0, 0.05) is 10.6 Å². The smallest absolute Gasteiger partial charge is 0.271 e. The molecule has 176 valence electrons. The molecule has 0 aliphatic carbocycles. The minimum atomic E-state index is -0.642. The summed E-state index contributed by atoms with van der Waals surface area (Å²) in [5, 5.41) is 4.97. The quantitative estimate of drug-likeness (QED) is 0.444. The van der Waals surface area contributed by atoms with Gasteiger partial charge in [0.2, 0.25) is 0 Å². The number of aryl methyl sites for hydroxylation is 1. The number of anilines is 1. The fraction of sp³-hybridized carbons (Fsp3) is 0.148. The van der Waals surface area contributed by atoms with Crippen LogP contribution in [0, 0.1) is 6.92 Å². The fourth-order valence-electron chi connectivity index (χ4n) is 4.11. The summed E-state index contributed by atoms with van der Waals surface area (Å²) in [7, 11) is 1.60. The number of benzene rings is 2. The van der Waals surface area contributed by atoms with Crippen LogP contribution in [0.15, 0.2) is 87.1 Å². The van der Waals surface area contributed by atoms with Gasteiger partial charge in [-0.05, 0) is 66.8 Å². The first kappa shape index (κ1) is 23.0. The van der Waals surface area contributed by atoms with E-state index in [1.807, 2.05) is 86.0 Å². The molecule has 0 saturated carbocycles. The number of nitrogens with one attached hydrogen (secondary N) is 1.